The highest BCUT2D eigenvalue weighted by atomic mass is 16.4. The van der Waals surface area contributed by atoms with Crippen molar-refractivity contribution in [1.29, 1.82) is 0 Å². The zero-order valence-corrected chi connectivity index (χ0v) is 7.16. The summed E-state index contributed by atoms with van der Waals surface area (Å²) in [6, 6.07) is 7.01. The Morgan fingerprint density at radius 2 is 1.67 bits per heavy atom. The molecule has 2 nitrogen and oxygen atoms in total. The molecule has 1 aromatic rings. The van der Waals surface area contributed by atoms with Crippen LogP contribution in [-0.4, -0.2) is 11.1 Å². The fourth-order valence-corrected chi connectivity index (χ4v) is 1.11. The van der Waals surface area contributed by atoms with Crippen molar-refractivity contribution in [3.05, 3.63) is 41.3 Å². The Morgan fingerprint density at radius 1 is 1.17 bits per heavy atom. The van der Waals surface area contributed by atoms with Crippen molar-refractivity contribution in [2.45, 2.75) is 13.8 Å². The average Bonchev–Trinajstić information content (AvgIpc) is 2.04. The van der Waals surface area contributed by atoms with Gasteiger partial charge in [-0.25, -0.2) is 4.79 Å². The van der Waals surface area contributed by atoms with E-state index in [0.29, 0.717) is 5.56 Å². The maximum atomic E-state index is 10.7. The van der Waals surface area contributed by atoms with Gasteiger partial charge in [0.1, 0.15) is 0 Å². The van der Waals surface area contributed by atoms with E-state index in [1.165, 1.54) is 0 Å². The van der Waals surface area contributed by atoms with Crippen LogP contribution in [0, 0.1) is 5.92 Å². The maximum absolute atomic E-state index is 10.7. The molecule has 12 heavy (non-hydrogen) atoms. The fourth-order valence-electron chi connectivity index (χ4n) is 1.11. The molecule has 0 heterocycles. The van der Waals surface area contributed by atoms with E-state index in [1.807, 2.05) is 26.0 Å². The minimum atomic E-state index is -0.869. The Labute approximate surface area is 71.8 Å². The third kappa shape index (κ3) is 1.64. The van der Waals surface area contributed by atoms with Crippen molar-refractivity contribution in [3.8, 4) is 0 Å². The quantitative estimate of drug-likeness (QED) is 0.726. The number of benzene rings is 1. The Hall–Kier alpha value is -1.31. The molecule has 63 valence electrons. The minimum Gasteiger partial charge on any atom is -0.478 e. The molecule has 1 aromatic carbocycles. The van der Waals surface area contributed by atoms with E-state index in [-0.39, 0.29) is 0 Å². The van der Waals surface area contributed by atoms with Crippen LogP contribution in [0.2, 0.25) is 0 Å². The number of hydrogen-bond donors (Lipinski definition) is 1. The van der Waals surface area contributed by atoms with Crippen LogP contribution in [-0.2, 0) is 0 Å². The van der Waals surface area contributed by atoms with Crippen molar-refractivity contribution in [1.82, 2.24) is 0 Å². The second-order valence-corrected chi connectivity index (χ2v) is 2.85. The zero-order chi connectivity index (χ0) is 9.14. The average molecular weight is 163 g/mol. The number of carboxylic acids is 1. The van der Waals surface area contributed by atoms with Gasteiger partial charge in [-0.05, 0) is 17.5 Å². The summed E-state index contributed by atoms with van der Waals surface area (Å²) in [5.74, 6) is 0.153. The molecule has 0 atom stereocenters. The molecule has 1 radical (unpaired) electrons. The number of rotatable bonds is 2. The highest BCUT2D eigenvalue weighted by Crippen LogP contribution is 2.17. The summed E-state index contributed by atoms with van der Waals surface area (Å²) in [6.07, 6.45) is 0. The summed E-state index contributed by atoms with van der Waals surface area (Å²) in [7, 11) is 0. The van der Waals surface area contributed by atoms with E-state index in [4.69, 9.17) is 5.11 Å². The van der Waals surface area contributed by atoms with Crippen LogP contribution in [0.5, 0.6) is 0 Å². The SMILES string of the molecule is C[C](C)c1ccccc1C(=O)O. The zero-order valence-electron chi connectivity index (χ0n) is 7.16. The van der Waals surface area contributed by atoms with Gasteiger partial charge in [-0.15, -0.1) is 0 Å². The molecular formula is C10H11O2. The molecule has 0 saturated carbocycles. The third-order valence-corrected chi connectivity index (χ3v) is 1.70. The van der Waals surface area contributed by atoms with Gasteiger partial charge < -0.3 is 5.11 Å². The van der Waals surface area contributed by atoms with Gasteiger partial charge in [0.25, 0.3) is 0 Å². The molecule has 0 amide bonds. The summed E-state index contributed by atoms with van der Waals surface area (Å²) in [6.45, 7) is 3.81. The van der Waals surface area contributed by atoms with Gasteiger partial charge in [-0.3, -0.25) is 0 Å². The minimum absolute atomic E-state index is 0.373. The highest BCUT2D eigenvalue weighted by molar-refractivity contribution is 5.90. The van der Waals surface area contributed by atoms with E-state index in [1.54, 1.807) is 12.1 Å². The van der Waals surface area contributed by atoms with Crippen LogP contribution in [0.1, 0.15) is 29.8 Å². The number of hydrogen-bond acceptors (Lipinski definition) is 1. The molecule has 0 spiro atoms. The molecule has 1 N–H and O–H groups in total. The van der Waals surface area contributed by atoms with Crippen molar-refractivity contribution in [2.75, 3.05) is 0 Å². The standard InChI is InChI=1S/C10H11O2/c1-7(2)8-5-3-4-6-9(8)10(11)12/h3-6H,1-2H3,(H,11,12). The molecule has 0 aliphatic rings. The molecule has 2 heteroatoms. The summed E-state index contributed by atoms with van der Waals surface area (Å²) < 4.78 is 0. The lowest BCUT2D eigenvalue weighted by atomic mass is 9.97. The molecule has 0 bridgehead atoms. The molecule has 0 aromatic heterocycles. The highest BCUT2D eigenvalue weighted by Gasteiger charge is 2.10. The molecule has 0 unspecified atom stereocenters. The second-order valence-electron chi connectivity index (χ2n) is 2.85. The first-order chi connectivity index (χ1) is 5.63. The van der Waals surface area contributed by atoms with Crippen LogP contribution in [0.15, 0.2) is 24.3 Å². The monoisotopic (exact) mass is 163 g/mol. The molecule has 0 aliphatic carbocycles. The number of carboxylic acid groups (broad SMARTS) is 1. The lowest BCUT2D eigenvalue weighted by Gasteiger charge is -2.07. The van der Waals surface area contributed by atoms with E-state index in [2.05, 4.69) is 0 Å². The van der Waals surface area contributed by atoms with Crippen LogP contribution in [0.4, 0.5) is 0 Å². The molecule has 1 rings (SSSR count). The first-order valence-corrected chi connectivity index (χ1v) is 3.76. The summed E-state index contributed by atoms with van der Waals surface area (Å²) >= 11 is 0. The Morgan fingerprint density at radius 3 is 2.00 bits per heavy atom. The predicted octanol–water partition coefficient (Wildman–Crippen LogP) is 2.35. The van der Waals surface area contributed by atoms with E-state index < -0.39 is 5.97 Å². The van der Waals surface area contributed by atoms with Gasteiger partial charge in [0, 0.05) is 0 Å². The summed E-state index contributed by atoms with van der Waals surface area (Å²) in [4.78, 5) is 10.7. The van der Waals surface area contributed by atoms with Crippen molar-refractivity contribution >= 4 is 5.97 Å². The lowest BCUT2D eigenvalue weighted by Crippen LogP contribution is -2.03. The van der Waals surface area contributed by atoms with Gasteiger partial charge in [-0.1, -0.05) is 32.0 Å². The van der Waals surface area contributed by atoms with Crippen molar-refractivity contribution in [2.24, 2.45) is 0 Å². The Balaban J connectivity index is 3.17. The van der Waals surface area contributed by atoms with Gasteiger partial charge in [0.2, 0.25) is 0 Å². The summed E-state index contributed by atoms with van der Waals surface area (Å²) in [5, 5.41) is 8.80. The van der Waals surface area contributed by atoms with Crippen LogP contribution in [0.25, 0.3) is 0 Å². The smallest absolute Gasteiger partial charge is 0.335 e. The fraction of sp³-hybridized carbons (Fsp3) is 0.200. The van der Waals surface area contributed by atoms with E-state index >= 15 is 0 Å². The molecule has 0 aliphatic heterocycles. The number of carbonyl (C=O) groups is 1. The topological polar surface area (TPSA) is 37.3 Å². The first kappa shape index (κ1) is 8.78. The van der Waals surface area contributed by atoms with Gasteiger partial charge in [-0.2, -0.15) is 0 Å². The maximum Gasteiger partial charge on any atom is 0.335 e. The van der Waals surface area contributed by atoms with E-state index in [0.717, 1.165) is 11.5 Å². The summed E-state index contributed by atoms with van der Waals surface area (Å²) in [5.41, 5.74) is 1.18. The van der Waals surface area contributed by atoms with Gasteiger partial charge >= 0.3 is 5.97 Å². The van der Waals surface area contributed by atoms with Crippen molar-refractivity contribution in [3.63, 3.8) is 0 Å². The van der Waals surface area contributed by atoms with E-state index in [9.17, 15) is 4.79 Å². The van der Waals surface area contributed by atoms with Crippen LogP contribution >= 0.6 is 0 Å². The third-order valence-electron chi connectivity index (χ3n) is 1.70. The Kier molecular flexibility index (Phi) is 2.48. The second kappa shape index (κ2) is 3.39. The molecular weight excluding hydrogens is 152 g/mol. The van der Waals surface area contributed by atoms with Gasteiger partial charge in [0.05, 0.1) is 5.56 Å². The predicted molar refractivity (Wildman–Crippen MR) is 47.1 cm³/mol. The number of aromatic carboxylic acids is 1. The van der Waals surface area contributed by atoms with Crippen LogP contribution < -0.4 is 0 Å². The molecule has 0 saturated heterocycles. The van der Waals surface area contributed by atoms with Gasteiger partial charge in [0.15, 0.2) is 0 Å². The molecule has 0 fully saturated rings. The Bertz CT molecular complexity index is 290. The first-order valence-electron chi connectivity index (χ1n) is 3.76. The largest absolute Gasteiger partial charge is 0.478 e. The normalized spacial score (nSPS) is 10.2. The lowest BCUT2D eigenvalue weighted by molar-refractivity contribution is 0.0696. The van der Waals surface area contributed by atoms with Crippen molar-refractivity contribution < 1.29 is 9.90 Å². The van der Waals surface area contributed by atoms with Crippen LogP contribution in [0.3, 0.4) is 0 Å².